The van der Waals surface area contributed by atoms with Crippen LogP contribution in [0.4, 0.5) is 5.69 Å². The molecule has 7 heteroatoms. The fraction of sp³-hybridized carbons (Fsp3) is 0.462. The number of pyridine rings is 1. The van der Waals surface area contributed by atoms with E-state index in [4.69, 9.17) is 20.4 Å². The lowest BCUT2D eigenvalue weighted by Gasteiger charge is -2.28. The maximum atomic E-state index is 13.4. The third kappa shape index (κ3) is 4.56. The lowest BCUT2D eigenvalue weighted by atomic mass is 9.84. The van der Waals surface area contributed by atoms with Crippen LogP contribution in [0.15, 0.2) is 24.3 Å². The Morgan fingerprint density at radius 3 is 2.64 bits per heavy atom. The highest BCUT2D eigenvalue weighted by Gasteiger charge is 2.32. The molecule has 1 aromatic carbocycles. The van der Waals surface area contributed by atoms with Crippen molar-refractivity contribution in [3.05, 3.63) is 52.3 Å². The summed E-state index contributed by atoms with van der Waals surface area (Å²) >= 11 is 0. The molecule has 2 heterocycles. The zero-order chi connectivity index (χ0) is 23.9. The van der Waals surface area contributed by atoms with Crippen LogP contribution in [0.25, 0.3) is 0 Å². The number of Topliss-reactive ketones (excluding diaryl/α,β-unsaturated/α-hetero) is 1. The molecule has 1 N–H and O–H groups in total. The van der Waals surface area contributed by atoms with E-state index in [2.05, 4.69) is 32.9 Å². The third-order valence-corrected chi connectivity index (χ3v) is 6.19. The first-order valence-corrected chi connectivity index (χ1v) is 11.3. The molecule has 33 heavy (non-hydrogen) atoms. The molecular weight excluding hydrogens is 414 g/mol. The van der Waals surface area contributed by atoms with Crippen molar-refractivity contribution < 1.29 is 9.53 Å². The van der Waals surface area contributed by atoms with E-state index < -0.39 is 0 Å². The van der Waals surface area contributed by atoms with Crippen LogP contribution in [0.2, 0.25) is 0 Å². The van der Waals surface area contributed by atoms with Gasteiger partial charge < -0.3 is 14.5 Å². The molecule has 0 amide bonds. The molecule has 1 saturated carbocycles. The molecular formula is C26H31N5O2. The number of amidine groups is 1. The molecule has 172 valence electrons. The standard InChI is InChI=1S/C26H31N5O2/c1-26(2,3)19-12-18(13-21(30(4)5)24(19)33-11-10-27)22(32)15-31-14-17-8-9-20(16-6-7-16)29-23(17)25(31)28/h8-9,12-13,16,28H,6-7,11,14-15H2,1-5H3. The molecule has 0 atom stereocenters. The molecule has 1 fully saturated rings. The quantitative estimate of drug-likeness (QED) is 0.641. The zero-order valence-corrected chi connectivity index (χ0v) is 20.0. The number of hydrogen-bond acceptors (Lipinski definition) is 6. The van der Waals surface area contributed by atoms with Gasteiger partial charge in [0.05, 0.1) is 12.2 Å². The molecule has 0 unspecified atom stereocenters. The molecule has 2 aromatic rings. The smallest absolute Gasteiger partial charge is 0.182 e. The van der Waals surface area contributed by atoms with Crippen molar-refractivity contribution in [3.63, 3.8) is 0 Å². The van der Waals surface area contributed by atoms with Gasteiger partial charge in [-0.15, -0.1) is 0 Å². The van der Waals surface area contributed by atoms with E-state index in [-0.39, 0.29) is 24.3 Å². The number of carbonyl (C=O) groups excluding carboxylic acids is 1. The molecule has 1 aliphatic carbocycles. The Kier molecular flexibility index (Phi) is 5.87. The van der Waals surface area contributed by atoms with E-state index in [1.807, 2.05) is 37.2 Å². The van der Waals surface area contributed by atoms with Crippen LogP contribution >= 0.6 is 0 Å². The summed E-state index contributed by atoms with van der Waals surface area (Å²) in [5.41, 5.74) is 4.69. The Morgan fingerprint density at radius 2 is 2.03 bits per heavy atom. The second kappa shape index (κ2) is 8.51. The van der Waals surface area contributed by atoms with Crippen molar-refractivity contribution in [1.29, 1.82) is 10.7 Å². The summed E-state index contributed by atoms with van der Waals surface area (Å²) in [4.78, 5) is 21.8. The highest BCUT2D eigenvalue weighted by Crippen LogP contribution is 2.41. The zero-order valence-electron chi connectivity index (χ0n) is 20.0. The number of rotatable bonds is 7. The highest BCUT2D eigenvalue weighted by atomic mass is 16.5. The third-order valence-electron chi connectivity index (χ3n) is 6.19. The van der Waals surface area contributed by atoms with E-state index in [0.717, 1.165) is 22.5 Å². The van der Waals surface area contributed by atoms with Crippen LogP contribution in [0.3, 0.4) is 0 Å². The normalized spacial score (nSPS) is 15.3. The Labute approximate surface area is 195 Å². The summed E-state index contributed by atoms with van der Waals surface area (Å²) in [5, 5.41) is 17.6. The minimum absolute atomic E-state index is 0.0593. The number of fused-ring (bicyclic) bond motifs is 1. The molecule has 4 rings (SSSR count). The lowest BCUT2D eigenvalue weighted by molar-refractivity contribution is 0.0962. The number of aromatic nitrogens is 1. The van der Waals surface area contributed by atoms with Gasteiger partial charge in [0.1, 0.15) is 23.3 Å². The number of carbonyl (C=O) groups is 1. The van der Waals surface area contributed by atoms with Crippen molar-refractivity contribution in [2.24, 2.45) is 0 Å². The van der Waals surface area contributed by atoms with E-state index in [1.54, 1.807) is 4.90 Å². The van der Waals surface area contributed by atoms with Crippen molar-refractivity contribution in [2.45, 2.75) is 51.5 Å². The largest absolute Gasteiger partial charge is 0.476 e. The summed E-state index contributed by atoms with van der Waals surface area (Å²) in [6.45, 7) is 6.76. The van der Waals surface area contributed by atoms with Gasteiger partial charge in [-0.05, 0) is 36.5 Å². The van der Waals surface area contributed by atoms with Crippen LogP contribution in [0.1, 0.15) is 72.4 Å². The van der Waals surface area contributed by atoms with Crippen molar-refractivity contribution in [3.8, 4) is 11.8 Å². The van der Waals surface area contributed by atoms with E-state index in [9.17, 15) is 4.79 Å². The maximum absolute atomic E-state index is 13.4. The molecule has 0 saturated heterocycles. The van der Waals surface area contributed by atoms with Crippen molar-refractivity contribution >= 4 is 17.3 Å². The minimum atomic E-state index is -0.286. The second-order valence-corrected chi connectivity index (χ2v) is 10.1. The molecule has 7 nitrogen and oxygen atoms in total. The van der Waals surface area contributed by atoms with Gasteiger partial charge in [-0.1, -0.05) is 26.8 Å². The summed E-state index contributed by atoms with van der Waals surface area (Å²) < 4.78 is 5.80. The Hall–Kier alpha value is -3.40. The molecule has 1 aliphatic heterocycles. The summed E-state index contributed by atoms with van der Waals surface area (Å²) in [5.74, 6) is 1.42. The fourth-order valence-corrected chi connectivity index (χ4v) is 4.20. The van der Waals surface area contributed by atoms with Gasteiger partial charge in [0, 0.05) is 48.9 Å². The number of hydrogen-bond donors (Lipinski definition) is 1. The predicted octanol–water partition coefficient (Wildman–Crippen LogP) is 4.25. The molecule has 0 spiro atoms. The number of ether oxygens (including phenoxy) is 1. The Balaban J connectivity index is 1.62. The Morgan fingerprint density at radius 1 is 1.30 bits per heavy atom. The second-order valence-electron chi connectivity index (χ2n) is 10.1. The van der Waals surface area contributed by atoms with E-state index in [0.29, 0.717) is 35.3 Å². The number of nitrogens with zero attached hydrogens (tertiary/aromatic N) is 4. The van der Waals surface area contributed by atoms with Crippen LogP contribution in [0, 0.1) is 16.7 Å². The molecule has 0 radical (unpaired) electrons. The molecule has 2 aliphatic rings. The highest BCUT2D eigenvalue weighted by molar-refractivity contribution is 6.05. The number of ketones is 1. The van der Waals surface area contributed by atoms with Gasteiger partial charge in [-0.25, -0.2) is 4.98 Å². The van der Waals surface area contributed by atoms with Crippen LogP contribution < -0.4 is 9.64 Å². The van der Waals surface area contributed by atoms with E-state index in [1.165, 1.54) is 12.8 Å². The summed E-state index contributed by atoms with van der Waals surface area (Å²) in [7, 11) is 3.79. The Bertz CT molecular complexity index is 1150. The summed E-state index contributed by atoms with van der Waals surface area (Å²) in [6, 6.07) is 9.84. The minimum Gasteiger partial charge on any atom is -0.476 e. The first-order chi connectivity index (χ1) is 15.6. The first kappa shape index (κ1) is 22.8. The van der Waals surface area contributed by atoms with Gasteiger partial charge in [0.15, 0.2) is 12.4 Å². The maximum Gasteiger partial charge on any atom is 0.182 e. The van der Waals surface area contributed by atoms with Gasteiger partial charge >= 0.3 is 0 Å². The van der Waals surface area contributed by atoms with Gasteiger partial charge in [0.25, 0.3) is 0 Å². The molecule has 0 bridgehead atoms. The lowest BCUT2D eigenvalue weighted by Crippen LogP contribution is -2.31. The van der Waals surface area contributed by atoms with Crippen LogP contribution in [-0.4, -0.2) is 48.7 Å². The van der Waals surface area contributed by atoms with Crippen molar-refractivity contribution in [1.82, 2.24) is 9.88 Å². The average molecular weight is 446 g/mol. The number of benzene rings is 1. The van der Waals surface area contributed by atoms with Gasteiger partial charge in [-0.3, -0.25) is 10.2 Å². The number of anilines is 1. The topological polar surface area (TPSA) is 93.3 Å². The van der Waals surface area contributed by atoms with Crippen LogP contribution in [0.5, 0.6) is 5.75 Å². The number of nitriles is 1. The van der Waals surface area contributed by atoms with Gasteiger partial charge in [-0.2, -0.15) is 5.26 Å². The number of nitrogens with one attached hydrogen (secondary N) is 1. The fourth-order valence-electron chi connectivity index (χ4n) is 4.20. The molecule has 1 aromatic heterocycles. The monoisotopic (exact) mass is 445 g/mol. The van der Waals surface area contributed by atoms with E-state index >= 15 is 0 Å². The summed E-state index contributed by atoms with van der Waals surface area (Å²) in [6.07, 6.45) is 2.33. The average Bonchev–Trinajstić information content (AvgIpc) is 3.56. The van der Waals surface area contributed by atoms with Crippen LogP contribution in [-0.2, 0) is 12.0 Å². The first-order valence-electron chi connectivity index (χ1n) is 11.3. The SMILES string of the molecule is CN(C)c1cc(C(=O)CN2Cc3ccc(C4CC4)nc3C2=N)cc(C(C)(C)C)c1OCC#N. The van der Waals surface area contributed by atoms with Crippen molar-refractivity contribution in [2.75, 3.05) is 32.1 Å². The predicted molar refractivity (Wildman–Crippen MR) is 128 cm³/mol. The van der Waals surface area contributed by atoms with Gasteiger partial charge in [0.2, 0.25) is 0 Å².